The van der Waals surface area contributed by atoms with E-state index in [9.17, 15) is 4.79 Å². The third kappa shape index (κ3) is 2.32. The highest BCUT2D eigenvalue weighted by Gasteiger charge is 2.39. The monoisotopic (exact) mass is 211 g/mol. The highest BCUT2D eigenvalue weighted by molar-refractivity contribution is 5.75. The number of nitrogens with zero attached hydrogens (tertiary/aromatic N) is 1. The van der Waals surface area contributed by atoms with Gasteiger partial charge in [-0.2, -0.15) is 0 Å². The first kappa shape index (κ1) is 10.9. The van der Waals surface area contributed by atoms with Crippen molar-refractivity contribution in [3.63, 3.8) is 0 Å². The van der Waals surface area contributed by atoms with Crippen molar-refractivity contribution in [3.8, 4) is 0 Å². The molecule has 3 unspecified atom stereocenters. The summed E-state index contributed by atoms with van der Waals surface area (Å²) in [5, 5.41) is 0. The Labute approximate surface area is 91.2 Å². The van der Waals surface area contributed by atoms with E-state index >= 15 is 0 Å². The summed E-state index contributed by atoms with van der Waals surface area (Å²) in [5.74, 6) is 5.94. The largest absolute Gasteiger partial charge is 0.297 e. The first-order valence-corrected chi connectivity index (χ1v) is 5.96. The quantitative estimate of drug-likeness (QED) is 0.407. The molecule has 0 aromatic rings. The number of carbonyl (C=O) groups is 1. The summed E-state index contributed by atoms with van der Waals surface area (Å²) < 4.78 is 0. The molecule has 3 atom stereocenters. The molecule has 2 bridgehead atoms. The van der Waals surface area contributed by atoms with Gasteiger partial charge in [0, 0.05) is 25.0 Å². The van der Waals surface area contributed by atoms with Crippen molar-refractivity contribution in [2.45, 2.75) is 51.1 Å². The second-order valence-electron chi connectivity index (χ2n) is 4.98. The van der Waals surface area contributed by atoms with E-state index in [1.165, 1.54) is 25.8 Å². The van der Waals surface area contributed by atoms with Crippen molar-refractivity contribution < 1.29 is 4.79 Å². The van der Waals surface area contributed by atoms with Crippen molar-refractivity contribution >= 4 is 5.91 Å². The lowest BCUT2D eigenvalue weighted by atomic mass is 10.1. The van der Waals surface area contributed by atoms with Gasteiger partial charge in [0.1, 0.15) is 0 Å². The minimum atomic E-state index is -0.0498. The molecular formula is C11H21N3O. The van der Waals surface area contributed by atoms with Gasteiger partial charge >= 0.3 is 0 Å². The fraction of sp³-hybridized carbons (Fsp3) is 0.909. The summed E-state index contributed by atoms with van der Waals surface area (Å²) in [5.41, 5.74) is 2.19. The van der Waals surface area contributed by atoms with Gasteiger partial charge in [-0.1, -0.05) is 0 Å². The van der Waals surface area contributed by atoms with Crippen molar-refractivity contribution in [1.82, 2.24) is 10.3 Å². The average Bonchev–Trinajstić information content (AvgIpc) is 2.86. The summed E-state index contributed by atoms with van der Waals surface area (Å²) in [6.45, 7) is 3.47. The van der Waals surface area contributed by atoms with E-state index in [2.05, 4.69) is 17.2 Å². The number of piperidine rings is 1. The number of hydrogen-bond acceptors (Lipinski definition) is 3. The molecular weight excluding hydrogens is 190 g/mol. The smallest absolute Gasteiger partial charge is 0.233 e. The number of hydrazine groups is 1. The van der Waals surface area contributed by atoms with Crippen LogP contribution in [0.3, 0.4) is 0 Å². The molecule has 1 aliphatic carbocycles. The zero-order chi connectivity index (χ0) is 10.8. The van der Waals surface area contributed by atoms with Crippen LogP contribution in [0, 0.1) is 5.92 Å². The van der Waals surface area contributed by atoms with E-state index in [-0.39, 0.29) is 5.91 Å². The van der Waals surface area contributed by atoms with Gasteiger partial charge in [-0.15, -0.1) is 0 Å². The van der Waals surface area contributed by atoms with E-state index in [0.29, 0.717) is 12.5 Å². The molecule has 0 radical (unpaired) electrons. The minimum Gasteiger partial charge on any atom is -0.297 e. The maximum absolute atomic E-state index is 11.0. The molecule has 1 saturated carbocycles. The van der Waals surface area contributed by atoms with E-state index in [1.807, 2.05) is 0 Å². The Hall–Kier alpha value is -0.610. The molecule has 86 valence electrons. The molecule has 1 amide bonds. The van der Waals surface area contributed by atoms with Crippen LogP contribution in [0.25, 0.3) is 0 Å². The molecule has 0 aromatic heterocycles. The second kappa shape index (κ2) is 4.49. The number of likely N-dealkylation sites (tertiary alicyclic amines) is 1. The molecule has 1 saturated heterocycles. The lowest BCUT2D eigenvalue weighted by Crippen LogP contribution is -2.40. The number of nitrogens with one attached hydrogen (secondary N) is 1. The predicted molar refractivity (Wildman–Crippen MR) is 58.9 cm³/mol. The Morgan fingerprint density at radius 2 is 2.40 bits per heavy atom. The fourth-order valence-corrected chi connectivity index (χ4v) is 3.08. The van der Waals surface area contributed by atoms with Gasteiger partial charge in [0.25, 0.3) is 0 Å². The highest BCUT2D eigenvalue weighted by atomic mass is 16.2. The van der Waals surface area contributed by atoms with Gasteiger partial charge in [0.15, 0.2) is 0 Å². The number of carbonyl (C=O) groups excluding carboxylic acids is 1. The molecule has 0 spiro atoms. The number of amides is 1. The summed E-state index contributed by atoms with van der Waals surface area (Å²) >= 11 is 0. The minimum absolute atomic E-state index is 0.0498. The summed E-state index contributed by atoms with van der Waals surface area (Å²) in [4.78, 5) is 13.6. The van der Waals surface area contributed by atoms with Crippen LogP contribution in [0.1, 0.15) is 39.0 Å². The van der Waals surface area contributed by atoms with Crippen molar-refractivity contribution in [2.24, 2.45) is 11.8 Å². The molecule has 3 N–H and O–H groups in total. The second-order valence-corrected chi connectivity index (χ2v) is 4.98. The van der Waals surface area contributed by atoms with Gasteiger partial charge in [-0.25, -0.2) is 5.84 Å². The van der Waals surface area contributed by atoms with Crippen LogP contribution in [0.4, 0.5) is 0 Å². The van der Waals surface area contributed by atoms with Crippen LogP contribution >= 0.6 is 0 Å². The Balaban J connectivity index is 1.76. The predicted octanol–water partition coefficient (Wildman–Crippen LogP) is 0.629. The molecule has 4 nitrogen and oxygen atoms in total. The number of fused-ring (bicyclic) bond motifs is 2. The van der Waals surface area contributed by atoms with Gasteiger partial charge in [-0.05, 0) is 38.5 Å². The van der Waals surface area contributed by atoms with E-state index in [0.717, 1.165) is 18.4 Å². The Morgan fingerprint density at radius 1 is 1.60 bits per heavy atom. The van der Waals surface area contributed by atoms with Crippen LogP contribution in [0.2, 0.25) is 0 Å². The zero-order valence-electron chi connectivity index (χ0n) is 9.41. The Morgan fingerprint density at radius 3 is 2.93 bits per heavy atom. The summed E-state index contributed by atoms with van der Waals surface area (Å²) in [7, 11) is 0. The van der Waals surface area contributed by atoms with Gasteiger partial charge < -0.3 is 0 Å². The maximum atomic E-state index is 11.0. The van der Waals surface area contributed by atoms with E-state index < -0.39 is 0 Å². The van der Waals surface area contributed by atoms with Crippen LogP contribution in [0.5, 0.6) is 0 Å². The fourth-order valence-electron chi connectivity index (χ4n) is 3.08. The van der Waals surface area contributed by atoms with Crippen LogP contribution in [-0.2, 0) is 4.79 Å². The standard InChI is InChI=1S/C11H21N3O/c1-8(2-5-11(15)13-12)14-7-9-3-4-10(14)6-9/h8-10H,2-7,12H2,1H3,(H,13,15). The number of nitrogens with two attached hydrogens (primary N) is 1. The maximum Gasteiger partial charge on any atom is 0.233 e. The van der Waals surface area contributed by atoms with Crippen molar-refractivity contribution in [2.75, 3.05) is 6.54 Å². The Kier molecular flexibility index (Phi) is 3.26. The number of rotatable bonds is 4. The molecule has 2 aliphatic rings. The lowest BCUT2D eigenvalue weighted by Gasteiger charge is -2.32. The van der Waals surface area contributed by atoms with Crippen molar-refractivity contribution in [3.05, 3.63) is 0 Å². The number of hydrogen-bond donors (Lipinski definition) is 2. The van der Waals surface area contributed by atoms with Gasteiger partial charge in [0.05, 0.1) is 0 Å². The molecule has 2 rings (SSSR count). The Bertz CT molecular complexity index is 244. The topological polar surface area (TPSA) is 58.4 Å². The third-order valence-electron chi connectivity index (χ3n) is 3.97. The summed E-state index contributed by atoms with van der Waals surface area (Å²) in [6.07, 6.45) is 5.63. The van der Waals surface area contributed by atoms with Gasteiger partial charge in [0.2, 0.25) is 5.91 Å². The van der Waals surface area contributed by atoms with Crippen molar-refractivity contribution in [1.29, 1.82) is 0 Å². The molecule has 2 fully saturated rings. The SMILES string of the molecule is CC(CCC(=O)NN)N1CC2CCC1C2. The first-order chi connectivity index (χ1) is 7.20. The van der Waals surface area contributed by atoms with Crippen LogP contribution in [-0.4, -0.2) is 29.4 Å². The molecule has 1 heterocycles. The highest BCUT2D eigenvalue weighted by Crippen LogP contribution is 2.38. The van der Waals surface area contributed by atoms with Crippen LogP contribution < -0.4 is 11.3 Å². The van der Waals surface area contributed by atoms with Gasteiger partial charge in [-0.3, -0.25) is 15.1 Å². The van der Waals surface area contributed by atoms with Crippen LogP contribution in [0.15, 0.2) is 0 Å². The van der Waals surface area contributed by atoms with E-state index in [1.54, 1.807) is 0 Å². The molecule has 0 aromatic carbocycles. The third-order valence-corrected chi connectivity index (χ3v) is 3.97. The zero-order valence-corrected chi connectivity index (χ0v) is 9.41. The average molecular weight is 211 g/mol. The molecule has 4 heteroatoms. The molecule has 15 heavy (non-hydrogen) atoms. The first-order valence-electron chi connectivity index (χ1n) is 5.96. The summed E-state index contributed by atoms with van der Waals surface area (Å²) in [6, 6.07) is 1.32. The lowest BCUT2D eigenvalue weighted by molar-refractivity contribution is -0.121. The molecule has 1 aliphatic heterocycles. The normalized spacial score (nSPS) is 31.9. The van der Waals surface area contributed by atoms with E-state index in [4.69, 9.17) is 5.84 Å².